The van der Waals surface area contributed by atoms with Crippen LogP contribution in [0, 0.1) is 28.6 Å². The number of rotatable bonds is 6. The molecule has 0 unspecified atom stereocenters. The van der Waals surface area contributed by atoms with Crippen molar-refractivity contribution in [2.24, 2.45) is 33.7 Å². The summed E-state index contributed by atoms with van der Waals surface area (Å²) in [4.78, 5) is 28.2. The number of hydrogen-bond donors (Lipinski definition) is 4. The quantitative estimate of drug-likeness (QED) is 0.345. The molecule has 4 aliphatic carbocycles. The van der Waals surface area contributed by atoms with E-state index in [9.17, 15) is 14.7 Å². The van der Waals surface area contributed by atoms with Crippen LogP contribution in [-0.2, 0) is 14.4 Å². The molecule has 0 bridgehead atoms. The fraction of sp³-hybridized carbons (Fsp3) is 0.800. The maximum Gasteiger partial charge on any atom is 0.327 e. The van der Waals surface area contributed by atoms with Crippen molar-refractivity contribution in [1.82, 2.24) is 5.32 Å². The molecule has 0 spiro atoms. The number of amides is 1. The molecule has 0 aromatic rings. The predicted octanol–water partition coefficient (Wildman–Crippen LogP) is 3.57. The highest BCUT2D eigenvalue weighted by Crippen LogP contribution is 2.67. The summed E-state index contributed by atoms with van der Waals surface area (Å²) >= 11 is 3.94. The highest BCUT2D eigenvalue weighted by molar-refractivity contribution is 7.80. The molecular weight excluding hydrogens is 440 g/mol. The monoisotopic (exact) mass is 478 g/mol. The smallest absolute Gasteiger partial charge is 0.327 e. The standard InChI is InChI=1S/C25H38N2O5S/c1-23-9-6-16(27-32-13-21(28)26-20(14-33)22(29)30)12-15(23)4-5-17-18(23)7-10-24(2)19(17)8-11-25(24,3)31/h12,17-20,31,33H,4-11,13-14H2,1-3H3,(H,26,28)(H,29,30)/t17-,18+,19+,20-,23+,24+,25+/m1/s1. The average Bonchev–Trinajstić information content (AvgIpc) is 3.01. The normalized spacial score (nSPS) is 41.9. The van der Waals surface area contributed by atoms with E-state index in [2.05, 4.69) is 43.0 Å². The lowest BCUT2D eigenvalue weighted by atomic mass is 9.46. The number of aliphatic carboxylic acids is 1. The summed E-state index contributed by atoms with van der Waals surface area (Å²) < 4.78 is 0. The van der Waals surface area contributed by atoms with Gasteiger partial charge in [0, 0.05) is 5.75 Å². The Morgan fingerprint density at radius 2 is 1.91 bits per heavy atom. The van der Waals surface area contributed by atoms with Crippen molar-refractivity contribution < 1.29 is 24.6 Å². The predicted molar refractivity (Wildman–Crippen MR) is 129 cm³/mol. The minimum Gasteiger partial charge on any atom is -0.480 e. The summed E-state index contributed by atoms with van der Waals surface area (Å²) in [6, 6.07) is -1.04. The SMILES string of the molecule is C[C@]12CCC(=NOCC(=O)N[C@H](CS)C(=O)O)C=C1CC[C@@H]1[C@@H]2CC[C@@]2(C)[C@H]1CC[C@]2(C)O. The lowest BCUT2D eigenvalue weighted by Gasteiger charge is -2.59. The van der Waals surface area contributed by atoms with Crippen LogP contribution < -0.4 is 5.32 Å². The van der Waals surface area contributed by atoms with E-state index in [4.69, 9.17) is 9.94 Å². The molecule has 0 saturated heterocycles. The molecule has 33 heavy (non-hydrogen) atoms. The largest absolute Gasteiger partial charge is 0.480 e. The zero-order valence-electron chi connectivity index (χ0n) is 20.0. The average molecular weight is 479 g/mol. The number of carbonyl (C=O) groups excluding carboxylic acids is 1. The van der Waals surface area contributed by atoms with Crippen LogP contribution in [0.1, 0.15) is 72.1 Å². The number of carbonyl (C=O) groups is 2. The fourth-order valence-corrected chi connectivity index (χ4v) is 7.73. The van der Waals surface area contributed by atoms with Gasteiger partial charge in [-0.1, -0.05) is 24.6 Å². The summed E-state index contributed by atoms with van der Waals surface area (Å²) in [5, 5.41) is 26.6. The molecule has 0 aromatic heterocycles. The van der Waals surface area contributed by atoms with Crippen molar-refractivity contribution in [3.8, 4) is 0 Å². The number of carboxylic acids is 1. The van der Waals surface area contributed by atoms with Gasteiger partial charge in [0.15, 0.2) is 6.61 Å². The van der Waals surface area contributed by atoms with Gasteiger partial charge in [-0.15, -0.1) is 0 Å². The van der Waals surface area contributed by atoms with Crippen LogP contribution in [0.15, 0.2) is 16.8 Å². The topological polar surface area (TPSA) is 108 Å². The van der Waals surface area contributed by atoms with Gasteiger partial charge in [-0.05, 0) is 93.0 Å². The molecule has 0 aromatic carbocycles. The Labute approximate surface area is 201 Å². The number of oxime groups is 1. The molecule has 3 fully saturated rings. The van der Waals surface area contributed by atoms with Crippen molar-refractivity contribution in [2.45, 2.75) is 83.8 Å². The van der Waals surface area contributed by atoms with Gasteiger partial charge < -0.3 is 20.4 Å². The van der Waals surface area contributed by atoms with Crippen LogP contribution in [0.3, 0.4) is 0 Å². The summed E-state index contributed by atoms with van der Waals surface area (Å²) in [7, 11) is 0. The summed E-state index contributed by atoms with van der Waals surface area (Å²) in [5.41, 5.74) is 1.94. The number of carboxylic acid groups (broad SMARTS) is 1. The highest BCUT2D eigenvalue weighted by Gasteiger charge is 2.62. The Balaban J connectivity index is 1.41. The number of nitrogens with zero attached hydrogens (tertiary/aromatic N) is 1. The molecule has 1 amide bonds. The Kier molecular flexibility index (Phi) is 6.64. The number of hydrogen-bond acceptors (Lipinski definition) is 6. The molecular formula is C25H38N2O5S. The first-order valence-corrected chi connectivity index (χ1v) is 12.9. The molecule has 7 atom stereocenters. The van der Waals surface area contributed by atoms with E-state index in [0.29, 0.717) is 17.8 Å². The molecule has 7 nitrogen and oxygen atoms in total. The third kappa shape index (κ3) is 4.22. The van der Waals surface area contributed by atoms with Crippen LogP contribution in [0.5, 0.6) is 0 Å². The van der Waals surface area contributed by atoms with Crippen LogP contribution in [0.4, 0.5) is 0 Å². The second-order valence-electron chi connectivity index (χ2n) is 11.3. The second kappa shape index (κ2) is 8.91. The second-order valence-corrected chi connectivity index (χ2v) is 11.6. The first kappa shape index (κ1) is 24.6. The third-order valence-corrected chi connectivity index (χ3v) is 10.1. The van der Waals surface area contributed by atoms with Crippen LogP contribution in [0.25, 0.3) is 0 Å². The van der Waals surface area contributed by atoms with Crippen LogP contribution in [-0.4, -0.2) is 51.8 Å². The first-order valence-electron chi connectivity index (χ1n) is 12.3. The zero-order chi connectivity index (χ0) is 24.0. The molecule has 3 saturated carbocycles. The van der Waals surface area contributed by atoms with Gasteiger partial charge in [-0.2, -0.15) is 12.6 Å². The molecule has 4 rings (SSSR count). The van der Waals surface area contributed by atoms with E-state index in [1.54, 1.807) is 0 Å². The third-order valence-electron chi connectivity index (χ3n) is 9.73. The van der Waals surface area contributed by atoms with E-state index in [-0.39, 0.29) is 23.2 Å². The summed E-state index contributed by atoms with van der Waals surface area (Å²) in [6.45, 7) is 6.47. The van der Waals surface area contributed by atoms with Gasteiger partial charge in [-0.3, -0.25) is 4.79 Å². The Bertz CT molecular complexity index is 871. The van der Waals surface area contributed by atoms with Crippen LogP contribution in [0.2, 0.25) is 0 Å². The molecule has 8 heteroatoms. The number of allylic oxidation sites excluding steroid dienone is 2. The van der Waals surface area contributed by atoms with Gasteiger partial charge in [0.25, 0.3) is 5.91 Å². The fourth-order valence-electron chi connectivity index (χ4n) is 7.48. The minimum atomic E-state index is -1.12. The molecule has 0 radical (unpaired) electrons. The van der Waals surface area contributed by atoms with Gasteiger partial charge in [0.05, 0.1) is 11.3 Å². The lowest BCUT2D eigenvalue weighted by molar-refractivity contribution is -0.141. The number of aliphatic hydroxyl groups is 1. The van der Waals surface area contributed by atoms with Crippen LogP contribution >= 0.6 is 12.6 Å². The highest BCUT2D eigenvalue weighted by atomic mass is 32.1. The van der Waals surface area contributed by atoms with Gasteiger partial charge >= 0.3 is 5.97 Å². The van der Waals surface area contributed by atoms with Crippen molar-refractivity contribution in [3.63, 3.8) is 0 Å². The lowest BCUT2D eigenvalue weighted by Crippen LogP contribution is -2.53. The number of fused-ring (bicyclic) bond motifs is 5. The van der Waals surface area contributed by atoms with E-state index >= 15 is 0 Å². The molecule has 184 valence electrons. The maximum atomic E-state index is 11.9. The van der Waals surface area contributed by atoms with Crippen molar-refractivity contribution in [2.75, 3.05) is 12.4 Å². The molecule has 3 N–H and O–H groups in total. The minimum absolute atomic E-state index is 0.0139. The first-order chi connectivity index (χ1) is 15.5. The molecule has 0 heterocycles. The Morgan fingerprint density at radius 1 is 1.18 bits per heavy atom. The van der Waals surface area contributed by atoms with Gasteiger partial charge in [0.1, 0.15) is 6.04 Å². The van der Waals surface area contributed by atoms with Crippen molar-refractivity contribution in [3.05, 3.63) is 11.6 Å². The van der Waals surface area contributed by atoms with E-state index in [1.807, 2.05) is 6.92 Å². The van der Waals surface area contributed by atoms with E-state index < -0.39 is 23.5 Å². The molecule has 4 aliphatic rings. The number of thiol groups is 1. The maximum absolute atomic E-state index is 11.9. The zero-order valence-corrected chi connectivity index (χ0v) is 20.9. The number of nitrogens with one attached hydrogen (secondary N) is 1. The van der Waals surface area contributed by atoms with E-state index in [1.165, 1.54) is 18.4 Å². The Morgan fingerprint density at radius 3 is 2.61 bits per heavy atom. The van der Waals surface area contributed by atoms with Crippen molar-refractivity contribution >= 4 is 30.2 Å². The van der Waals surface area contributed by atoms with Gasteiger partial charge in [0.2, 0.25) is 0 Å². The summed E-state index contributed by atoms with van der Waals surface area (Å²) in [6.07, 6.45) is 10.5. The summed E-state index contributed by atoms with van der Waals surface area (Å²) in [5.74, 6) is 0.292. The van der Waals surface area contributed by atoms with Crippen molar-refractivity contribution in [1.29, 1.82) is 0 Å². The van der Waals surface area contributed by atoms with E-state index in [0.717, 1.165) is 44.2 Å². The van der Waals surface area contributed by atoms with Gasteiger partial charge in [-0.25, -0.2) is 4.79 Å². The Hall–Kier alpha value is -1.54. The molecule has 0 aliphatic heterocycles.